The number of carbonyl (C=O) groups excluding carboxylic acids is 1. The van der Waals surface area contributed by atoms with Crippen molar-refractivity contribution in [3.63, 3.8) is 0 Å². The van der Waals surface area contributed by atoms with Crippen LogP contribution in [0.3, 0.4) is 0 Å². The number of carbonyl (C=O) groups is 2. The zero-order valence-corrected chi connectivity index (χ0v) is 11.5. The van der Waals surface area contributed by atoms with Crippen LogP contribution in [0.15, 0.2) is 28.8 Å². The van der Waals surface area contributed by atoms with Crippen molar-refractivity contribution in [1.29, 1.82) is 0 Å². The van der Waals surface area contributed by atoms with Crippen molar-refractivity contribution < 1.29 is 19.2 Å². The maximum atomic E-state index is 12.5. The number of anilines is 1. The maximum Gasteiger partial charge on any atom is 0.374 e. The quantitative estimate of drug-likeness (QED) is 0.915. The lowest BCUT2D eigenvalue weighted by molar-refractivity contribution is 0.0651. The standard InChI is InChI=1S/C15H14N2O4/c1-9-4-5-12-10(7-9)3-2-6-17(12)14(18)11-8-13(15(19)20)21-16-11/h4-5,7-8H,2-3,6H2,1H3,(H,19,20). The number of carboxylic acids is 1. The maximum absolute atomic E-state index is 12.5. The van der Waals surface area contributed by atoms with Crippen LogP contribution < -0.4 is 4.90 Å². The van der Waals surface area contributed by atoms with E-state index in [1.807, 2.05) is 19.1 Å². The molecule has 1 aromatic heterocycles. The Hall–Kier alpha value is -2.63. The normalized spacial score (nSPS) is 13.9. The molecule has 6 nitrogen and oxygen atoms in total. The van der Waals surface area contributed by atoms with Crippen LogP contribution in [0.25, 0.3) is 0 Å². The van der Waals surface area contributed by atoms with Gasteiger partial charge >= 0.3 is 5.97 Å². The highest BCUT2D eigenvalue weighted by Crippen LogP contribution is 2.29. The third-order valence-electron chi connectivity index (χ3n) is 3.54. The molecule has 1 aliphatic rings. The predicted octanol–water partition coefficient (Wildman–Crippen LogP) is 2.27. The van der Waals surface area contributed by atoms with Gasteiger partial charge in [0.05, 0.1) is 0 Å². The average molecular weight is 286 g/mol. The lowest BCUT2D eigenvalue weighted by Gasteiger charge is -2.29. The summed E-state index contributed by atoms with van der Waals surface area (Å²) in [5, 5.41) is 12.4. The van der Waals surface area contributed by atoms with Crippen LogP contribution in [0.5, 0.6) is 0 Å². The van der Waals surface area contributed by atoms with E-state index in [1.54, 1.807) is 4.90 Å². The Morgan fingerprint density at radius 2 is 2.14 bits per heavy atom. The van der Waals surface area contributed by atoms with Crippen molar-refractivity contribution in [2.45, 2.75) is 19.8 Å². The second-order valence-electron chi connectivity index (χ2n) is 5.07. The van der Waals surface area contributed by atoms with Crippen molar-refractivity contribution >= 4 is 17.6 Å². The number of aryl methyl sites for hydroxylation is 2. The third-order valence-corrected chi connectivity index (χ3v) is 3.54. The highest BCUT2D eigenvalue weighted by Gasteiger charge is 2.26. The van der Waals surface area contributed by atoms with Gasteiger partial charge in [-0.15, -0.1) is 0 Å². The molecule has 2 aromatic rings. The van der Waals surface area contributed by atoms with Crippen LogP contribution in [0, 0.1) is 6.92 Å². The molecular formula is C15H14N2O4. The van der Waals surface area contributed by atoms with E-state index in [9.17, 15) is 9.59 Å². The fourth-order valence-corrected chi connectivity index (χ4v) is 2.55. The smallest absolute Gasteiger partial charge is 0.374 e. The number of hydrogen-bond donors (Lipinski definition) is 1. The van der Waals surface area contributed by atoms with Crippen molar-refractivity contribution in [3.05, 3.63) is 46.8 Å². The summed E-state index contributed by atoms with van der Waals surface area (Å²) in [5.41, 5.74) is 3.15. The number of benzene rings is 1. The lowest BCUT2D eigenvalue weighted by atomic mass is 9.99. The first kappa shape index (κ1) is 13.4. The van der Waals surface area contributed by atoms with E-state index >= 15 is 0 Å². The Kier molecular flexibility index (Phi) is 3.21. The van der Waals surface area contributed by atoms with E-state index < -0.39 is 5.97 Å². The second kappa shape index (κ2) is 5.05. The molecule has 2 heterocycles. The Morgan fingerprint density at radius 1 is 1.33 bits per heavy atom. The van der Waals surface area contributed by atoms with Crippen LogP contribution in [0.4, 0.5) is 5.69 Å². The van der Waals surface area contributed by atoms with Gasteiger partial charge < -0.3 is 14.5 Å². The fraction of sp³-hybridized carbons (Fsp3) is 0.267. The first-order valence-corrected chi connectivity index (χ1v) is 6.67. The third kappa shape index (κ3) is 2.40. The molecule has 0 radical (unpaired) electrons. The zero-order chi connectivity index (χ0) is 15.0. The van der Waals surface area contributed by atoms with E-state index in [0.717, 1.165) is 35.7 Å². The van der Waals surface area contributed by atoms with E-state index in [-0.39, 0.29) is 17.4 Å². The van der Waals surface area contributed by atoms with Gasteiger partial charge in [-0.1, -0.05) is 22.9 Å². The Morgan fingerprint density at radius 3 is 2.86 bits per heavy atom. The highest BCUT2D eigenvalue weighted by atomic mass is 16.5. The number of aromatic carboxylic acids is 1. The minimum atomic E-state index is -1.24. The molecular weight excluding hydrogens is 272 g/mol. The minimum Gasteiger partial charge on any atom is -0.475 e. The van der Waals surface area contributed by atoms with Crippen molar-refractivity contribution in [2.75, 3.05) is 11.4 Å². The summed E-state index contributed by atoms with van der Waals surface area (Å²) in [6.07, 6.45) is 1.80. The topological polar surface area (TPSA) is 83.6 Å². The van der Waals surface area contributed by atoms with Gasteiger partial charge in [0.15, 0.2) is 5.69 Å². The number of hydrogen-bond acceptors (Lipinski definition) is 4. The SMILES string of the molecule is Cc1ccc2c(c1)CCCN2C(=O)c1cc(C(=O)O)on1. The molecule has 21 heavy (non-hydrogen) atoms. The summed E-state index contributed by atoms with van der Waals surface area (Å²) in [4.78, 5) is 24.9. The molecule has 0 spiro atoms. The summed E-state index contributed by atoms with van der Waals surface area (Å²) < 4.78 is 4.65. The molecule has 108 valence electrons. The molecule has 1 aliphatic heterocycles. The molecule has 0 unspecified atom stereocenters. The van der Waals surface area contributed by atoms with Gasteiger partial charge in [0.2, 0.25) is 5.76 Å². The Balaban J connectivity index is 1.94. The van der Waals surface area contributed by atoms with Crippen molar-refractivity contribution in [2.24, 2.45) is 0 Å². The molecule has 1 amide bonds. The van der Waals surface area contributed by atoms with Crippen LogP contribution >= 0.6 is 0 Å². The lowest BCUT2D eigenvalue weighted by Crippen LogP contribution is -2.35. The zero-order valence-electron chi connectivity index (χ0n) is 11.5. The van der Waals surface area contributed by atoms with Gasteiger partial charge in [0, 0.05) is 18.3 Å². The van der Waals surface area contributed by atoms with Gasteiger partial charge in [-0.05, 0) is 31.4 Å². The molecule has 6 heteroatoms. The van der Waals surface area contributed by atoms with Crippen molar-refractivity contribution in [1.82, 2.24) is 5.16 Å². The average Bonchev–Trinajstić information content (AvgIpc) is 2.95. The monoisotopic (exact) mass is 286 g/mol. The highest BCUT2D eigenvalue weighted by molar-refractivity contribution is 6.06. The van der Waals surface area contributed by atoms with Crippen molar-refractivity contribution in [3.8, 4) is 0 Å². The molecule has 1 aromatic carbocycles. The molecule has 1 N–H and O–H groups in total. The van der Waals surface area contributed by atoms with Gasteiger partial charge in [0.1, 0.15) is 0 Å². The number of fused-ring (bicyclic) bond motifs is 1. The van der Waals surface area contributed by atoms with E-state index in [4.69, 9.17) is 5.11 Å². The molecule has 3 rings (SSSR count). The number of aromatic nitrogens is 1. The first-order valence-electron chi connectivity index (χ1n) is 6.67. The van der Waals surface area contributed by atoms with E-state index in [2.05, 4.69) is 15.7 Å². The number of nitrogens with zero attached hydrogens (tertiary/aromatic N) is 2. The Bertz CT molecular complexity index is 720. The molecule has 0 bridgehead atoms. The van der Waals surface area contributed by atoms with Gasteiger partial charge in [-0.25, -0.2) is 4.79 Å². The van der Waals surface area contributed by atoms with Crippen LogP contribution in [0.1, 0.15) is 38.6 Å². The molecule has 0 aliphatic carbocycles. The molecule has 0 fully saturated rings. The minimum absolute atomic E-state index is 0.0147. The number of carboxylic acid groups (broad SMARTS) is 1. The summed E-state index contributed by atoms with van der Waals surface area (Å²) >= 11 is 0. The van der Waals surface area contributed by atoms with Crippen LogP contribution in [-0.2, 0) is 6.42 Å². The summed E-state index contributed by atoms with van der Waals surface area (Å²) in [6.45, 7) is 2.60. The summed E-state index contributed by atoms with van der Waals surface area (Å²) in [5.74, 6) is -1.91. The molecule has 0 saturated heterocycles. The van der Waals surface area contributed by atoms with E-state index in [0.29, 0.717) is 6.54 Å². The first-order chi connectivity index (χ1) is 10.1. The van der Waals surface area contributed by atoms with Gasteiger partial charge in [0.25, 0.3) is 5.91 Å². The predicted molar refractivity (Wildman–Crippen MR) is 74.6 cm³/mol. The van der Waals surface area contributed by atoms with Gasteiger partial charge in [-0.2, -0.15) is 0 Å². The van der Waals surface area contributed by atoms with E-state index in [1.165, 1.54) is 0 Å². The number of amides is 1. The summed E-state index contributed by atoms with van der Waals surface area (Å²) in [7, 11) is 0. The van der Waals surface area contributed by atoms with Crippen LogP contribution in [0.2, 0.25) is 0 Å². The molecule has 0 saturated carbocycles. The van der Waals surface area contributed by atoms with Gasteiger partial charge in [-0.3, -0.25) is 4.79 Å². The fourth-order valence-electron chi connectivity index (χ4n) is 2.55. The van der Waals surface area contributed by atoms with Crippen LogP contribution in [-0.4, -0.2) is 28.7 Å². The summed E-state index contributed by atoms with van der Waals surface area (Å²) in [6, 6.07) is 7.10. The Labute approximate surface area is 121 Å². The second-order valence-corrected chi connectivity index (χ2v) is 5.07. The number of rotatable bonds is 2. The largest absolute Gasteiger partial charge is 0.475 e. The molecule has 0 atom stereocenters.